The Morgan fingerprint density at radius 3 is 2.65 bits per heavy atom. The summed E-state index contributed by atoms with van der Waals surface area (Å²) in [6.45, 7) is 6.51. The Hall–Kier alpha value is -1.35. The molecule has 0 heterocycles. The fourth-order valence-electron chi connectivity index (χ4n) is 2.10. The fraction of sp³-hybridized carbons (Fsp3) is 0.588. The van der Waals surface area contributed by atoms with Gasteiger partial charge in [-0.3, -0.25) is 0 Å². The number of ether oxygens (including phenoxy) is 1. The van der Waals surface area contributed by atoms with Gasteiger partial charge in [-0.25, -0.2) is 0 Å². The van der Waals surface area contributed by atoms with E-state index in [2.05, 4.69) is 13.8 Å². The summed E-state index contributed by atoms with van der Waals surface area (Å²) in [7, 11) is 0. The molecule has 2 atom stereocenters. The van der Waals surface area contributed by atoms with Crippen molar-refractivity contribution in [1.29, 1.82) is 0 Å². The SMILES string of the molecule is Cc1cccc(OCC(O)CC(C=O)CCC(C)C)c1. The Morgan fingerprint density at radius 2 is 2.05 bits per heavy atom. The van der Waals surface area contributed by atoms with Crippen molar-refractivity contribution in [2.24, 2.45) is 11.8 Å². The van der Waals surface area contributed by atoms with E-state index < -0.39 is 6.10 Å². The number of aliphatic hydroxyl groups excluding tert-OH is 1. The van der Waals surface area contributed by atoms with Crippen molar-refractivity contribution < 1.29 is 14.6 Å². The lowest BCUT2D eigenvalue weighted by atomic mass is 9.94. The first-order valence-electron chi connectivity index (χ1n) is 7.34. The number of carbonyl (C=O) groups excluding carboxylic acids is 1. The van der Waals surface area contributed by atoms with E-state index in [4.69, 9.17) is 4.74 Å². The van der Waals surface area contributed by atoms with Crippen LogP contribution < -0.4 is 4.74 Å². The smallest absolute Gasteiger partial charge is 0.123 e. The van der Waals surface area contributed by atoms with E-state index in [9.17, 15) is 9.90 Å². The summed E-state index contributed by atoms with van der Waals surface area (Å²) >= 11 is 0. The van der Waals surface area contributed by atoms with Gasteiger partial charge in [0.1, 0.15) is 18.6 Å². The van der Waals surface area contributed by atoms with Crippen molar-refractivity contribution in [2.45, 2.75) is 46.1 Å². The average molecular weight is 278 g/mol. The van der Waals surface area contributed by atoms with Crippen molar-refractivity contribution in [2.75, 3.05) is 6.61 Å². The van der Waals surface area contributed by atoms with E-state index in [0.29, 0.717) is 12.3 Å². The van der Waals surface area contributed by atoms with Crippen LogP contribution in [-0.2, 0) is 4.79 Å². The molecule has 0 aromatic heterocycles. The van der Waals surface area contributed by atoms with Gasteiger partial charge in [0.05, 0.1) is 6.10 Å². The highest BCUT2D eigenvalue weighted by atomic mass is 16.5. The lowest BCUT2D eigenvalue weighted by Crippen LogP contribution is -2.22. The van der Waals surface area contributed by atoms with Crippen LogP contribution in [-0.4, -0.2) is 24.1 Å². The molecule has 3 heteroatoms. The van der Waals surface area contributed by atoms with Crippen molar-refractivity contribution in [3.63, 3.8) is 0 Å². The first-order valence-corrected chi connectivity index (χ1v) is 7.34. The van der Waals surface area contributed by atoms with Gasteiger partial charge in [0.15, 0.2) is 0 Å². The Bertz CT molecular complexity index is 401. The van der Waals surface area contributed by atoms with Crippen molar-refractivity contribution in [3.8, 4) is 5.75 Å². The molecule has 0 amide bonds. The zero-order valence-electron chi connectivity index (χ0n) is 12.7. The van der Waals surface area contributed by atoms with Crippen LogP contribution in [0.1, 0.15) is 38.7 Å². The maximum absolute atomic E-state index is 11.0. The first-order chi connectivity index (χ1) is 9.51. The average Bonchev–Trinajstić information content (AvgIpc) is 2.41. The number of hydrogen-bond acceptors (Lipinski definition) is 3. The van der Waals surface area contributed by atoms with Gasteiger partial charge in [0, 0.05) is 5.92 Å². The molecule has 1 rings (SSSR count). The number of aldehydes is 1. The maximum Gasteiger partial charge on any atom is 0.123 e. The van der Waals surface area contributed by atoms with Gasteiger partial charge < -0.3 is 14.6 Å². The van der Waals surface area contributed by atoms with E-state index in [1.165, 1.54) is 0 Å². The second kappa shape index (κ2) is 8.75. The predicted octanol–water partition coefficient (Wildman–Crippen LogP) is 3.38. The fourth-order valence-corrected chi connectivity index (χ4v) is 2.10. The summed E-state index contributed by atoms with van der Waals surface area (Å²) < 4.78 is 5.55. The molecule has 112 valence electrons. The molecule has 0 aliphatic carbocycles. The van der Waals surface area contributed by atoms with Gasteiger partial charge in [0.2, 0.25) is 0 Å². The first kappa shape index (κ1) is 16.7. The zero-order valence-corrected chi connectivity index (χ0v) is 12.7. The predicted molar refractivity (Wildman–Crippen MR) is 80.9 cm³/mol. The number of hydrogen-bond donors (Lipinski definition) is 1. The normalized spacial score (nSPS) is 14.1. The molecule has 1 aromatic carbocycles. The minimum atomic E-state index is -0.599. The zero-order chi connectivity index (χ0) is 15.0. The van der Waals surface area contributed by atoms with E-state index in [0.717, 1.165) is 30.4 Å². The summed E-state index contributed by atoms with van der Waals surface area (Å²) in [5.74, 6) is 1.26. The maximum atomic E-state index is 11.0. The Labute approximate surface area is 122 Å². The lowest BCUT2D eigenvalue weighted by molar-refractivity contribution is -0.112. The highest BCUT2D eigenvalue weighted by Gasteiger charge is 2.15. The van der Waals surface area contributed by atoms with Gasteiger partial charge >= 0.3 is 0 Å². The highest BCUT2D eigenvalue weighted by Crippen LogP contribution is 2.17. The third kappa shape index (κ3) is 6.71. The van der Waals surface area contributed by atoms with Crippen molar-refractivity contribution >= 4 is 6.29 Å². The molecule has 0 aliphatic rings. The molecule has 2 unspecified atom stereocenters. The molecule has 0 radical (unpaired) electrons. The molecule has 0 bridgehead atoms. The molecular weight excluding hydrogens is 252 g/mol. The number of rotatable bonds is 9. The standard InChI is InChI=1S/C17H26O3/c1-13(2)7-8-15(11-18)10-16(19)12-20-17-6-4-5-14(3)9-17/h4-6,9,11,13,15-16,19H,7-8,10,12H2,1-3H3. The van der Waals surface area contributed by atoms with Crippen LogP contribution in [0.4, 0.5) is 0 Å². The number of benzene rings is 1. The van der Waals surface area contributed by atoms with Crippen LogP contribution in [0.3, 0.4) is 0 Å². The van der Waals surface area contributed by atoms with Crippen LogP contribution in [0.2, 0.25) is 0 Å². The minimum absolute atomic E-state index is 0.0755. The monoisotopic (exact) mass is 278 g/mol. The Kier molecular flexibility index (Phi) is 7.31. The molecule has 3 nitrogen and oxygen atoms in total. The number of carbonyl (C=O) groups is 1. The number of aliphatic hydroxyl groups is 1. The summed E-state index contributed by atoms with van der Waals surface area (Å²) in [5, 5.41) is 9.96. The summed E-state index contributed by atoms with van der Waals surface area (Å²) in [6.07, 6.45) is 2.68. The topological polar surface area (TPSA) is 46.5 Å². The van der Waals surface area contributed by atoms with Crippen LogP contribution in [0.15, 0.2) is 24.3 Å². The molecular formula is C17H26O3. The van der Waals surface area contributed by atoms with Gasteiger partial charge in [-0.15, -0.1) is 0 Å². The Morgan fingerprint density at radius 1 is 1.30 bits per heavy atom. The largest absolute Gasteiger partial charge is 0.491 e. The second-order valence-corrected chi connectivity index (χ2v) is 5.88. The summed E-state index contributed by atoms with van der Waals surface area (Å²) in [6, 6.07) is 7.73. The minimum Gasteiger partial charge on any atom is -0.491 e. The van der Waals surface area contributed by atoms with E-state index in [1.54, 1.807) is 0 Å². The van der Waals surface area contributed by atoms with E-state index in [1.807, 2.05) is 31.2 Å². The van der Waals surface area contributed by atoms with Gasteiger partial charge in [-0.05, 0) is 43.4 Å². The second-order valence-electron chi connectivity index (χ2n) is 5.88. The molecule has 0 saturated carbocycles. The molecule has 1 aromatic rings. The van der Waals surface area contributed by atoms with Gasteiger partial charge in [-0.2, -0.15) is 0 Å². The summed E-state index contributed by atoms with van der Waals surface area (Å²) in [4.78, 5) is 11.0. The van der Waals surface area contributed by atoms with Crippen LogP contribution in [0.5, 0.6) is 5.75 Å². The molecule has 1 N–H and O–H groups in total. The highest BCUT2D eigenvalue weighted by molar-refractivity contribution is 5.53. The molecule has 20 heavy (non-hydrogen) atoms. The lowest BCUT2D eigenvalue weighted by Gasteiger charge is -2.17. The van der Waals surface area contributed by atoms with Crippen molar-refractivity contribution in [1.82, 2.24) is 0 Å². The van der Waals surface area contributed by atoms with Gasteiger partial charge in [0.25, 0.3) is 0 Å². The van der Waals surface area contributed by atoms with Crippen LogP contribution in [0, 0.1) is 18.8 Å². The van der Waals surface area contributed by atoms with Crippen LogP contribution in [0.25, 0.3) is 0 Å². The molecule has 0 saturated heterocycles. The van der Waals surface area contributed by atoms with E-state index in [-0.39, 0.29) is 12.5 Å². The Balaban J connectivity index is 2.34. The van der Waals surface area contributed by atoms with Gasteiger partial charge in [-0.1, -0.05) is 32.4 Å². The van der Waals surface area contributed by atoms with Crippen molar-refractivity contribution in [3.05, 3.63) is 29.8 Å². The number of aryl methyl sites for hydroxylation is 1. The third-order valence-electron chi connectivity index (χ3n) is 3.31. The summed E-state index contributed by atoms with van der Waals surface area (Å²) in [5.41, 5.74) is 1.12. The quantitative estimate of drug-likeness (QED) is 0.704. The molecule has 0 fully saturated rings. The third-order valence-corrected chi connectivity index (χ3v) is 3.31. The van der Waals surface area contributed by atoms with E-state index >= 15 is 0 Å². The molecule has 0 spiro atoms. The molecule has 0 aliphatic heterocycles. The van der Waals surface area contributed by atoms with Crippen LogP contribution >= 0.6 is 0 Å².